The van der Waals surface area contributed by atoms with Crippen LogP contribution in [0.1, 0.15) is 30.2 Å². The van der Waals surface area contributed by atoms with E-state index < -0.39 is 0 Å². The first-order valence-electron chi connectivity index (χ1n) is 6.57. The van der Waals surface area contributed by atoms with Crippen LogP contribution in [-0.4, -0.2) is 44.2 Å². The maximum Gasteiger partial charge on any atom is 0.223 e. The van der Waals surface area contributed by atoms with E-state index in [1.807, 2.05) is 25.5 Å². The molecule has 0 saturated heterocycles. The van der Waals surface area contributed by atoms with Gasteiger partial charge in [-0.25, -0.2) is 4.98 Å². The summed E-state index contributed by atoms with van der Waals surface area (Å²) in [5.74, 6) is 0.864. The number of halogens is 1. The third-order valence-electron chi connectivity index (χ3n) is 3.32. The Morgan fingerprint density at radius 1 is 1.45 bits per heavy atom. The molecule has 0 aliphatic carbocycles. The summed E-state index contributed by atoms with van der Waals surface area (Å²) in [6, 6.07) is 0. The van der Waals surface area contributed by atoms with Crippen LogP contribution >= 0.6 is 11.6 Å². The van der Waals surface area contributed by atoms with Crippen molar-refractivity contribution >= 4 is 28.7 Å². The normalized spacial score (nSPS) is 12.9. The van der Waals surface area contributed by atoms with Gasteiger partial charge in [0, 0.05) is 34.1 Å². The Balaban J connectivity index is 2.43. The van der Waals surface area contributed by atoms with Gasteiger partial charge in [0.2, 0.25) is 5.91 Å². The fraction of sp³-hybridized carbons (Fsp3) is 0.615. The van der Waals surface area contributed by atoms with Crippen molar-refractivity contribution in [1.82, 2.24) is 24.2 Å². The van der Waals surface area contributed by atoms with Gasteiger partial charge in [0.15, 0.2) is 5.65 Å². The Kier molecular flexibility index (Phi) is 4.04. The smallest absolute Gasteiger partial charge is 0.223 e. The lowest BCUT2D eigenvalue weighted by Crippen LogP contribution is -2.23. The highest BCUT2D eigenvalue weighted by Crippen LogP contribution is 2.26. The van der Waals surface area contributed by atoms with Crippen LogP contribution in [0.2, 0.25) is 0 Å². The van der Waals surface area contributed by atoms with Crippen LogP contribution in [0.4, 0.5) is 0 Å². The Hall–Kier alpha value is -1.56. The first kappa shape index (κ1) is 14.8. The van der Waals surface area contributed by atoms with Gasteiger partial charge in [0.1, 0.15) is 11.3 Å². The third-order valence-corrected chi connectivity index (χ3v) is 3.52. The second-order valence-electron chi connectivity index (χ2n) is 5.16. The van der Waals surface area contributed by atoms with E-state index in [0.29, 0.717) is 13.0 Å². The molecule has 2 aromatic heterocycles. The van der Waals surface area contributed by atoms with Crippen molar-refractivity contribution in [3.63, 3.8) is 0 Å². The molecule has 0 radical (unpaired) electrons. The molecule has 110 valence electrons. The molecule has 2 rings (SSSR count). The van der Waals surface area contributed by atoms with Gasteiger partial charge in [-0.1, -0.05) is 0 Å². The van der Waals surface area contributed by atoms with Crippen LogP contribution in [-0.2, 0) is 18.4 Å². The van der Waals surface area contributed by atoms with Gasteiger partial charge in [-0.05, 0) is 13.8 Å². The van der Waals surface area contributed by atoms with Gasteiger partial charge in [-0.3, -0.25) is 9.48 Å². The minimum atomic E-state index is -0.212. The van der Waals surface area contributed by atoms with Crippen molar-refractivity contribution in [2.24, 2.45) is 7.05 Å². The van der Waals surface area contributed by atoms with Crippen molar-refractivity contribution in [2.75, 3.05) is 14.1 Å². The summed E-state index contributed by atoms with van der Waals surface area (Å²) in [4.78, 5) is 17.9. The molecule has 0 aliphatic rings. The lowest BCUT2D eigenvalue weighted by Gasteiger charge is -2.13. The van der Waals surface area contributed by atoms with E-state index in [9.17, 15) is 4.79 Å². The van der Waals surface area contributed by atoms with Crippen LogP contribution in [0.15, 0.2) is 0 Å². The van der Waals surface area contributed by atoms with Crippen molar-refractivity contribution in [3.8, 4) is 0 Å². The van der Waals surface area contributed by atoms with Crippen molar-refractivity contribution in [1.29, 1.82) is 0 Å². The molecule has 2 heterocycles. The minimum Gasteiger partial charge on any atom is -0.349 e. The van der Waals surface area contributed by atoms with E-state index in [2.05, 4.69) is 10.1 Å². The summed E-state index contributed by atoms with van der Waals surface area (Å²) in [6.07, 6.45) is 0.416. The van der Waals surface area contributed by atoms with E-state index in [0.717, 1.165) is 22.7 Å². The Bertz CT molecular complexity index is 641. The predicted molar refractivity (Wildman–Crippen MR) is 78.8 cm³/mol. The molecule has 0 spiro atoms. The quantitative estimate of drug-likeness (QED) is 0.809. The topological polar surface area (TPSA) is 56.0 Å². The van der Waals surface area contributed by atoms with Gasteiger partial charge in [-0.15, -0.1) is 11.6 Å². The van der Waals surface area contributed by atoms with Gasteiger partial charge in [0.05, 0.1) is 11.1 Å². The summed E-state index contributed by atoms with van der Waals surface area (Å²) in [7, 11) is 5.39. The number of aryl methyl sites for hydroxylation is 3. The highest BCUT2D eigenvalue weighted by molar-refractivity contribution is 6.20. The Morgan fingerprint density at radius 2 is 2.10 bits per heavy atom. The molecule has 0 saturated carbocycles. The number of hydrogen-bond acceptors (Lipinski definition) is 3. The SMILES string of the molecule is Cc1nn(C)c2c1nc(C(C)Cl)n2CCC(=O)N(C)C. The van der Waals surface area contributed by atoms with Crippen molar-refractivity contribution < 1.29 is 4.79 Å². The average molecular weight is 298 g/mol. The zero-order valence-electron chi connectivity index (χ0n) is 12.5. The molecule has 6 nitrogen and oxygen atoms in total. The van der Waals surface area contributed by atoms with E-state index in [1.165, 1.54) is 0 Å². The van der Waals surface area contributed by atoms with E-state index in [4.69, 9.17) is 11.6 Å². The largest absolute Gasteiger partial charge is 0.349 e. The summed E-state index contributed by atoms with van der Waals surface area (Å²) in [5, 5.41) is 4.16. The number of imidazole rings is 1. The standard InChI is InChI=1S/C13H20ClN5O/c1-8(14)12-15-11-9(2)16-18(5)13(11)19(12)7-6-10(20)17(3)4/h8H,6-7H2,1-5H3. The highest BCUT2D eigenvalue weighted by Gasteiger charge is 2.20. The van der Waals surface area contributed by atoms with E-state index in [1.54, 1.807) is 23.7 Å². The van der Waals surface area contributed by atoms with Crippen LogP contribution in [0, 0.1) is 6.92 Å². The summed E-state index contributed by atoms with van der Waals surface area (Å²) in [6.45, 7) is 4.36. The molecule has 0 fully saturated rings. The Morgan fingerprint density at radius 3 is 2.65 bits per heavy atom. The van der Waals surface area contributed by atoms with Crippen LogP contribution in [0.3, 0.4) is 0 Å². The maximum atomic E-state index is 11.8. The number of amides is 1. The number of carbonyl (C=O) groups excluding carboxylic acids is 1. The lowest BCUT2D eigenvalue weighted by molar-refractivity contribution is -0.128. The molecule has 1 atom stereocenters. The van der Waals surface area contributed by atoms with Gasteiger partial charge >= 0.3 is 0 Å². The molecule has 1 unspecified atom stereocenters. The first-order chi connectivity index (χ1) is 9.32. The third kappa shape index (κ3) is 2.52. The van der Waals surface area contributed by atoms with Crippen LogP contribution in [0.5, 0.6) is 0 Å². The van der Waals surface area contributed by atoms with E-state index >= 15 is 0 Å². The van der Waals surface area contributed by atoms with Gasteiger partial charge < -0.3 is 9.47 Å². The fourth-order valence-electron chi connectivity index (χ4n) is 2.31. The lowest BCUT2D eigenvalue weighted by atomic mass is 10.3. The molecule has 1 amide bonds. The number of nitrogens with zero attached hydrogens (tertiary/aromatic N) is 5. The monoisotopic (exact) mass is 297 g/mol. The number of carbonyl (C=O) groups is 1. The molecule has 0 bridgehead atoms. The molecule has 0 aliphatic heterocycles. The molecule has 0 aromatic carbocycles. The van der Waals surface area contributed by atoms with Crippen LogP contribution in [0.25, 0.3) is 11.2 Å². The zero-order valence-corrected chi connectivity index (χ0v) is 13.3. The second-order valence-corrected chi connectivity index (χ2v) is 5.81. The fourth-order valence-corrected chi connectivity index (χ4v) is 2.47. The maximum absolute atomic E-state index is 11.8. The van der Waals surface area contributed by atoms with Crippen LogP contribution < -0.4 is 0 Å². The second kappa shape index (κ2) is 5.44. The van der Waals surface area contributed by atoms with Crippen molar-refractivity contribution in [3.05, 3.63) is 11.5 Å². The summed E-state index contributed by atoms with van der Waals surface area (Å²) in [5.41, 5.74) is 2.64. The zero-order chi connectivity index (χ0) is 15.0. The molecule has 0 N–H and O–H groups in total. The number of rotatable bonds is 4. The molecule has 2 aromatic rings. The molecular weight excluding hydrogens is 278 g/mol. The summed E-state index contributed by atoms with van der Waals surface area (Å²) >= 11 is 6.21. The number of aromatic nitrogens is 4. The minimum absolute atomic E-state index is 0.0823. The predicted octanol–water partition coefficient (Wildman–Crippen LogP) is 1.86. The number of alkyl halides is 1. The van der Waals surface area contributed by atoms with Gasteiger partial charge in [0.25, 0.3) is 0 Å². The van der Waals surface area contributed by atoms with Crippen molar-refractivity contribution in [2.45, 2.75) is 32.2 Å². The van der Waals surface area contributed by atoms with Gasteiger partial charge in [-0.2, -0.15) is 5.10 Å². The average Bonchev–Trinajstić information content (AvgIpc) is 2.86. The number of fused-ring (bicyclic) bond motifs is 1. The van der Waals surface area contributed by atoms with E-state index in [-0.39, 0.29) is 11.3 Å². The first-order valence-corrected chi connectivity index (χ1v) is 7.00. The molecule has 20 heavy (non-hydrogen) atoms. The number of hydrogen-bond donors (Lipinski definition) is 0. The molecule has 7 heteroatoms. The highest BCUT2D eigenvalue weighted by atomic mass is 35.5. The Labute approximate surface area is 123 Å². The summed E-state index contributed by atoms with van der Waals surface area (Å²) < 4.78 is 3.79. The molecular formula is C13H20ClN5O.